The molecule has 0 fully saturated rings. The van der Waals surface area contributed by atoms with E-state index in [2.05, 4.69) is 102 Å². The van der Waals surface area contributed by atoms with Crippen LogP contribution in [0.5, 0.6) is 0 Å². The molecule has 0 aliphatic heterocycles. The zero-order valence-corrected chi connectivity index (χ0v) is 20.3. The van der Waals surface area contributed by atoms with Crippen LogP contribution < -0.4 is 11.5 Å². The lowest BCUT2D eigenvalue weighted by molar-refractivity contribution is 0.411. The zero-order valence-electron chi connectivity index (χ0n) is 20.3. The number of hydrogen-bond acceptors (Lipinski definition) is 2. The maximum atomic E-state index is 6.97. The number of nitrogens with two attached hydrogens (primary N) is 2. The Bertz CT molecular complexity index is 1200. The van der Waals surface area contributed by atoms with Crippen molar-refractivity contribution in [3.05, 3.63) is 71.8 Å². The van der Waals surface area contributed by atoms with E-state index < -0.39 is 0 Å². The van der Waals surface area contributed by atoms with Gasteiger partial charge in [0.15, 0.2) is 0 Å². The highest BCUT2D eigenvalue weighted by Gasteiger charge is 2.23. The van der Waals surface area contributed by atoms with Crippen LogP contribution in [-0.4, -0.2) is 0 Å². The van der Waals surface area contributed by atoms with Crippen molar-refractivity contribution in [2.45, 2.75) is 54.4 Å². The van der Waals surface area contributed by atoms with Gasteiger partial charge in [-0.25, -0.2) is 0 Å². The van der Waals surface area contributed by atoms with Gasteiger partial charge in [0, 0.05) is 22.5 Å². The first kappa shape index (κ1) is 22.2. The number of anilines is 2. The smallest absolute Gasteiger partial charge is 0.0434 e. The summed E-state index contributed by atoms with van der Waals surface area (Å²) < 4.78 is 0. The summed E-state index contributed by atoms with van der Waals surface area (Å²) in [7, 11) is 0. The molecule has 166 valence electrons. The summed E-state index contributed by atoms with van der Waals surface area (Å²) in [5, 5.41) is 4.74. The molecule has 2 heteroatoms. The minimum absolute atomic E-state index is 0.134. The van der Waals surface area contributed by atoms with Crippen LogP contribution in [0.1, 0.15) is 52.7 Å². The molecule has 0 aromatic heterocycles. The molecule has 0 aliphatic carbocycles. The molecule has 0 heterocycles. The van der Waals surface area contributed by atoms with Gasteiger partial charge in [-0.05, 0) is 68.5 Å². The van der Waals surface area contributed by atoms with E-state index in [0.29, 0.717) is 0 Å². The second kappa shape index (κ2) is 7.85. The second-order valence-electron chi connectivity index (χ2n) is 11.6. The van der Waals surface area contributed by atoms with E-state index in [1.807, 2.05) is 0 Å². The summed E-state index contributed by atoms with van der Waals surface area (Å²) in [6, 6.07) is 21.6. The molecule has 0 unspecified atom stereocenters. The summed E-state index contributed by atoms with van der Waals surface area (Å²) in [6.07, 6.45) is 1.83. The molecule has 0 amide bonds. The maximum Gasteiger partial charge on any atom is 0.0434 e. The van der Waals surface area contributed by atoms with Crippen molar-refractivity contribution in [1.82, 2.24) is 0 Å². The van der Waals surface area contributed by atoms with Crippen LogP contribution in [0.3, 0.4) is 0 Å². The van der Waals surface area contributed by atoms with Crippen molar-refractivity contribution >= 4 is 32.9 Å². The van der Waals surface area contributed by atoms with Crippen LogP contribution in [-0.2, 0) is 12.8 Å². The van der Waals surface area contributed by atoms with E-state index in [0.717, 1.165) is 46.1 Å². The van der Waals surface area contributed by atoms with E-state index in [4.69, 9.17) is 11.5 Å². The maximum absolute atomic E-state index is 6.97. The highest BCUT2D eigenvalue weighted by molar-refractivity contribution is 6.14. The molecule has 0 aliphatic rings. The molecular formula is C30H36N2. The molecule has 2 nitrogen and oxygen atoms in total. The molecule has 4 aromatic carbocycles. The third-order valence-corrected chi connectivity index (χ3v) is 6.04. The van der Waals surface area contributed by atoms with Gasteiger partial charge in [-0.1, -0.05) is 90.1 Å². The van der Waals surface area contributed by atoms with Crippen LogP contribution in [0.25, 0.3) is 32.7 Å². The van der Waals surface area contributed by atoms with Crippen molar-refractivity contribution in [3.63, 3.8) is 0 Å². The second-order valence-corrected chi connectivity index (χ2v) is 11.6. The molecule has 0 radical (unpaired) electrons. The molecule has 0 saturated heterocycles. The van der Waals surface area contributed by atoms with Gasteiger partial charge in [0.25, 0.3) is 0 Å². The minimum atomic E-state index is 0.134. The highest BCUT2D eigenvalue weighted by atomic mass is 14.6. The van der Waals surface area contributed by atoms with Crippen LogP contribution in [0.15, 0.2) is 60.7 Å². The number of benzene rings is 4. The lowest BCUT2D eigenvalue weighted by atomic mass is 9.81. The lowest BCUT2D eigenvalue weighted by Gasteiger charge is -2.25. The summed E-state index contributed by atoms with van der Waals surface area (Å²) >= 11 is 0. The minimum Gasteiger partial charge on any atom is -0.398 e. The van der Waals surface area contributed by atoms with E-state index in [1.54, 1.807) is 0 Å². The highest BCUT2D eigenvalue weighted by Crippen LogP contribution is 2.46. The third-order valence-electron chi connectivity index (χ3n) is 6.04. The summed E-state index contributed by atoms with van der Waals surface area (Å²) in [5.74, 6) is 0. The van der Waals surface area contributed by atoms with Crippen LogP contribution >= 0.6 is 0 Å². The molecule has 32 heavy (non-hydrogen) atoms. The molecule has 4 rings (SSSR count). The Hall–Kier alpha value is -3.00. The lowest BCUT2D eigenvalue weighted by Crippen LogP contribution is -2.13. The summed E-state index contributed by atoms with van der Waals surface area (Å²) in [5.41, 5.74) is 20.4. The van der Waals surface area contributed by atoms with Crippen LogP contribution in [0.2, 0.25) is 0 Å². The summed E-state index contributed by atoms with van der Waals surface area (Å²) in [6.45, 7) is 13.6. The van der Waals surface area contributed by atoms with Gasteiger partial charge in [0.05, 0.1) is 0 Å². The fourth-order valence-electron chi connectivity index (χ4n) is 4.82. The number of rotatable bonds is 3. The van der Waals surface area contributed by atoms with E-state index in [9.17, 15) is 0 Å². The van der Waals surface area contributed by atoms with Crippen molar-refractivity contribution in [2.24, 2.45) is 10.8 Å². The molecule has 0 spiro atoms. The quantitative estimate of drug-likeness (QED) is 0.327. The first-order valence-corrected chi connectivity index (χ1v) is 11.6. The topological polar surface area (TPSA) is 52.0 Å². The largest absolute Gasteiger partial charge is 0.398 e. The summed E-state index contributed by atoms with van der Waals surface area (Å²) in [4.78, 5) is 0. The van der Waals surface area contributed by atoms with Crippen molar-refractivity contribution < 1.29 is 0 Å². The van der Waals surface area contributed by atoms with Crippen LogP contribution in [0.4, 0.5) is 11.4 Å². The van der Waals surface area contributed by atoms with E-state index in [1.165, 1.54) is 21.9 Å². The van der Waals surface area contributed by atoms with Gasteiger partial charge in [0.2, 0.25) is 0 Å². The fraction of sp³-hybridized carbons (Fsp3) is 0.333. The average molecular weight is 425 g/mol. The molecule has 4 aromatic rings. The van der Waals surface area contributed by atoms with Crippen molar-refractivity contribution in [3.8, 4) is 11.1 Å². The third kappa shape index (κ3) is 4.32. The molecule has 4 N–H and O–H groups in total. The number of hydrogen-bond donors (Lipinski definition) is 2. The Balaban J connectivity index is 2.13. The Kier molecular flexibility index (Phi) is 5.45. The Morgan fingerprint density at radius 3 is 1.25 bits per heavy atom. The molecule has 0 bridgehead atoms. The Labute approximate surface area is 192 Å². The first-order chi connectivity index (χ1) is 14.9. The molecule has 0 atom stereocenters. The Morgan fingerprint density at radius 1 is 0.562 bits per heavy atom. The van der Waals surface area contributed by atoms with Gasteiger partial charge in [-0.15, -0.1) is 0 Å². The molecule has 0 saturated carbocycles. The van der Waals surface area contributed by atoms with Gasteiger partial charge < -0.3 is 11.5 Å². The number of fused-ring (bicyclic) bond motifs is 2. The van der Waals surface area contributed by atoms with Crippen LogP contribution in [0, 0.1) is 10.8 Å². The standard InChI is InChI=1S/C30H36N2/c1-29(2,3)17-21-15-19-11-7-9-13-23(19)25(27(21)31)26-24-14-10-8-12-20(24)16-22(28(26)32)18-30(4,5)6/h7-16H,17-18,31-32H2,1-6H3. The first-order valence-electron chi connectivity index (χ1n) is 11.6. The SMILES string of the molecule is CC(C)(C)Cc1cc2ccccc2c(-c2c(N)c(CC(C)(C)C)cc3ccccc23)c1N. The van der Waals surface area contributed by atoms with Gasteiger partial charge in [-0.3, -0.25) is 0 Å². The number of nitrogen functional groups attached to an aromatic ring is 2. The monoisotopic (exact) mass is 424 g/mol. The van der Waals surface area contributed by atoms with Crippen molar-refractivity contribution in [1.29, 1.82) is 0 Å². The van der Waals surface area contributed by atoms with E-state index in [-0.39, 0.29) is 10.8 Å². The van der Waals surface area contributed by atoms with Gasteiger partial charge in [0.1, 0.15) is 0 Å². The average Bonchev–Trinajstić information content (AvgIpc) is 2.68. The molecular weight excluding hydrogens is 388 g/mol. The fourth-order valence-corrected chi connectivity index (χ4v) is 4.82. The Morgan fingerprint density at radius 2 is 0.906 bits per heavy atom. The predicted molar refractivity (Wildman–Crippen MR) is 142 cm³/mol. The zero-order chi connectivity index (χ0) is 23.3. The predicted octanol–water partition coefficient (Wildman–Crippen LogP) is 8.00. The normalized spacial score (nSPS) is 12.6. The van der Waals surface area contributed by atoms with Gasteiger partial charge >= 0.3 is 0 Å². The van der Waals surface area contributed by atoms with Crippen molar-refractivity contribution in [2.75, 3.05) is 11.5 Å². The van der Waals surface area contributed by atoms with Gasteiger partial charge in [-0.2, -0.15) is 0 Å². The van der Waals surface area contributed by atoms with E-state index >= 15 is 0 Å².